The van der Waals surface area contributed by atoms with Gasteiger partial charge in [0.1, 0.15) is 54.1 Å². The highest BCUT2D eigenvalue weighted by molar-refractivity contribution is 5.94. The molecule has 0 radical (unpaired) electrons. The Morgan fingerprint density at radius 1 is 0.290 bits per heavy atom. The molecule has 4 rings (SSSR count). The van der Waals surface area contributed by atoms with E-state index in [0.717, 1.165) is 55.4 Å². The molecule has 0 spiro atoms. The molecular weight excluding hydrogens is 972 g/mol. The molecule has 4 aromatic rings. The van der Waals surface area contributed by atoms with E-state index in [4.69, 9.17) is 18.9 Å². The van der Waals surface area contributed by atoms with Crippen LogP contribution in [0, 0.1) is 98.5 Å². The van der Waals surface area contributed by atoms with E-state index in [1.54, 1.807) is 0 Å². The largest absolute Gasteiger partial charge is 0.461 e. The Morgan fingerprint density at radius 3 is 0.580 bits per heavy atom. The Balaban J connectivity index is 2.01. The zero-order valence-electron chi connectivity index (χ0n) is 37.0. The van der Waals surface area contributed by atoms with Crippen molar-refractivity contribution in [1.82, 2.24) is 0 Å². The molecule has 8 nitrogen and oxygen atoms in total. The number of halogens is 16. The van der Waals surface area contributed by atoms with Crippen LogP contribution in [0.1, 0.15) is 143 Å². The first-order valence-corrected chi connectivity index (χ1v) is 20.0. The second-order valence-corrected chi connectivity index (χ2v) is 16.6. The number of benzene rings is 4. The van der Waals surface area contributed by atoms with E-state index in [1.165, 1.54) is 0 Å². The molecule has 376 valence electrons. The van der Waals surface area contributed by atoms with Gasteiger partial charge in [-0.05, 0) is 23.7 Å². The maximum absolute atomic E-state index is 15.3. The predicted molar refractivity (Wildman–Crippen MR) is 205 cm³/mol. The fourth-order valence-electron chi connectivity index (χ4n) is 6.97. The predicted octanol–water partition coefficient (Wildman–Crippen LogP) is 12.1. The van der Waals surface area contributed by atoms with Crippen LogP contribution in [0.2, 0.25) is 0 Å². The lowest BCUT2D eigenvalue weighted by Crippen LogP contribution is -2.44. The fourth-order valence-corrected chi connectivity index (χ4v) is 6.97. The molecule has 0 fully saturated rings. The average molecular weight is 1010 g/mol. The summed E-state index contributed by atoms with van der Waals surface area (Å²) in [5, 5.41) is 0. The van der Waals surface area contributed by atoms with E-state index in [2.05, 4.69) is 0 Å². The Labute approximate surface area is 380 Å². The zero-order chi connectivity index (χ0) is 52.6. The highest BCUT2D eigenvalue weighted by Gasteiger charge is 2.43. The molecule has 0 amide bonds. The third kappa shape index (κ3) is 10.3. The minimum Gasteiger partial charge on any atom is -0.461 e. The molecule has 0 N–H and O–H groups in total. The second-order valence-electron chi connectivity index (χ2n) is 16.6. The summed E-state index contributed by atoms with van der Waals surface area (Å²) in [4.78, 5) is 54.4. The summed E-state index contributed by atoms with van der Waals surface area (Å²) in [6.07, 6.45) is 0. The fraction of sp³-hybridized carbons (Fsp3) is 0.378. The first kappa shape index (κ1) is 55.2. The molecule has 0 aliphatic rings. The van der Waals surface area contributed by atoms with Crippen LogP contribution in [-0.4, -0.2) is 50.3 Å². The Kier molecular flexibility index (Phi) is 16.9. The molecular formula is C45H36F16O8. The van der Waals surface area contributed by atoms with Gasteiger partial charge in [-0.1, -0.05) is 55.4 Å². The molecule has 0 atom stereocenters. The third-order valence-electron chi connectivity index (χ3n) is 10.4. The van der Waals surface area contributed by atoms with E-state index < -0.39 is 217 Å². The van der Waals surface area contributed by atoms with E-state index in [-0.39, 0.29) is 0 Å². The van der Waals surface area contributed by atoms with Crippen LogP contribution in [0.15, 0.2) is 0 Å². The number of ether oxygens (including phenoxy) is 4. The normalized spacial score (nSPS) is 11.9. The van der Waals surface area contributed by atoms with Gasteiger partial charge in [-0.3, -0.25) is 0 Å². The number of hydrogen-bond acceptors (Lipinski definition) is 8. The van der Waals surface area contributed by atoms with E-state index in [9.17, 15) is 54.3 Å². The first-order chi connectivity index (χ1) is 31.9. The highest BCUT2D eigenvalue weighted by atomic mass is 19.2. The number of rotatable bonds is 16. The number of esters is 4. The highest BCUT2D eigenvalue weighted by Crippen LogP contribution is 2.36. The summed E-state index contributed by atoms with van der Waals surface area (Å²) in [5.41, 5.74) is -14.7. The van der Waals surface area contributed by atoms with Crippen LogP contribution in [0.3, 0.4) is 0 Å². The molecule has 0 heterocycles. The van der Waals surface area contributed by atoms with Gasteiger partial charge in [0.2, 0.25) is 0 Å². The quantitative estimate of drug-likeness (QED) is 0.0359. The Morgan fingerprint density at radius 2 is 0.435 bits per heavy atom. The molecule has 0 aliphatic carbocycles. The van der Waals surface area contributed by atoms with Crippen molar-refractivity contribution < 1.29 is 108 Å². The summed E-state index contributed by atoms with van der Waals surface area (Å²) in [6, 6.07) is 0. The van der Waals surface area contributed by atoms with Gasteiger partial charge in [-0.15, -0.1) is 0 Å². The molecule has 0 aromatic heterocycles. The van der Waals surface area contributed by atoms with Crippen LogP contribution in [0.25, 0.3) is 0 Å². The van der Waals surface area contributed by atoms with Gasteiger partial charge in [-0.25, -0.2) is 89.4 Å². The van der Waals surface area contributed by atoms with E-state index in [0.29, 0.717) is 0 Å². The molecule has 0 saturated heterocycles. The Bertz CT molecular complexity index is 2380. The van der Waals surface area contributed by atoms with Crippen molar-refractivity contribution in [2.75, 3.05) is 26.4 Å². The van der Waals surface area contributed by atoms with Crippen molar-refractivity contribution in [3.8, 4) is 0 Å². The van der Waals surface area contributed by atoms with Gasteiger partial charge < -0.3 is 18.9 Å². The van der Waals surface area contributed by atoms with Crippen LogP contribution in [0.4, 0.5) is 70.2 Å². The van der Waals surface area contributed by atoms with Crippen LogP contribution in [-0.2, 0) is 18.9 Å². The van der Waals surface area contributed by atoms with Crippen LogP contribution < -0.4 is 0 Å². The molecule has 0 saturated carbocycles. The summed E-state index contributed by atoms with van der Waals surface area (Å²) < 4.78 is 257. The molecule has 4 aromatic carbocycles. The smallest absolute Gasteiger partial charge is 0.341 e. The topological polar surface area (TPSA) is 105 Å². The van der Waals surface area contributed by atoms with Gasteiger partial charge in [0.15, 0.2) is 93.1 Å². The van der Waals surface area contributed by atoms with Crippen LogP contribution in [0.5, 0.6) is 0 Å². The minimum atomic E-state index is -3.11. The van der Waals surface area contributed by atoms with Crippen molar-refractivity contribution >= 4 is 23.9 Å². The third-order valence-corrected chi connectivity index (χ3v) is 10.4. The SMILES string of the molecule is CC(C)c1c(F)c(F)c(F)c(F)c1C(=O)OCC(COC(=O)c1c(F)c(F)c(F)c(F)c1C(C)C)(COC(=O)c1c(F)c(F)c(F)c(F)c1C(C)C)COC(=O)c1c(F)c(F)c(F)c(F)c1C(C)C. The second kappa shape index (κ2) is 21.1. The van der Waals surface area contributed by atoms with Crippen molar-refractivity contribution in [2.45, 2.75) is 79.1 Å². The standard InChI is InChI=1S/C45H36F16O8/c1-13(2)17-21(29(50)37(58)33(54)25(17)46)41(62)66-9-45(10-67-42(63)22-18(14(3)4)26(47)34(55)38(59)30(22)51,11-68-43(64)23-19(15(5)6)27(48)35(56)39(60)31(23)52)12-69-44(65)24-20(16(7)8)28(49)36(57)40(61)32(24)53/h13-16H,9-12H2,1-8H3. The molecule has 0 aliphatic heterocycles. The van der Waals surface area contributed by atoms with E-state index >= 15 is 35.1 Å². The number of carbonyl (C=O) groups is 4. The number of hydrogen-bond donors (Lipinski definition) is 0. The summed E-state index contributed by atoms with van der Waals surface area (Å²) in [6.45, 7) is 1.04. The zero-order valence-corrected chi connectivity index (χ0v) is 37.0. The van der Waals surface area contributed by atoms with Crippen molar-refractivity contribution in [1.29, 1.82) is 0 Å². The lowest BCUT2D eigenvalue weighted by atomic mass is 9.91. The van der Waals surface area contributed by atoms with Crippen molar-refractivity contribution in [2.24, 2.45) is 5.41 Å². The molecule has 0 unspecified atom stereocenters. The van der Waals surface area contributed by atoms with Gasteiger partial charge in [-0.2, -0.15) is 0 Å². The molecule has 69 heavy (non-hydrogen) atoms. The maximum Gasteiger partial charge on any atom is 0.341 e. The summed E-state index contributed by atoms with van der Waals surface area (Å²) in [5.74, 6) is -52.5. The van der Waals surface area contributed by atoms with E-state index in [1.807, 2.05) is 0 Å². The molecule has 0 bridgehead atoms. The molecule has 24 heteroatoms. The van der Waals surface area contributed by atoms with Gasteiger partial charge >= 0.3 is 23.9 Å². The summed E-state index contributed by atoms with van der Waals surface area (Å²) >= 11 is 0. The first-order valence-electron chi connectivity index (χ1n) is 20.0. The number of carbonyl (C=O) groups excluding carboxylic acids is 4. The Hall–Kier alpha value is -6.36. The van der Waals surface area contributed by atoms with Gasteiger partial charge in [0.05, 0.1) is 0 Å². The maximum atomic E-state index is 15.3. The average Bonchev–Trinajstić information content (AvgIpc) is 3.28. The van der Waals surface area contributed by atoms with Gasteiger partial charge in [0.25, 0.3) is 0 Å². The van der Waals surface area contributed by atoms with Gasteiger partial charge in [0, 0.05) is 22.3 Å². The summed E-state index contributed by atoms with van der Waals surface area (Å²) in [7, 11) is 0. The van der Waals surface area contributed by atoms with Crippen molar-refractivity contribution in [3.63, 3.8) is 0 Å². The lowest BCUT2D eigenvalue weighted by Gasteiger charge is -2.32. The van der Waals surface area contributed by atoms with Crippen molar-refractivity contribution in [3.05, 3.63) is 138 Å². The lowest BCUT2D eigenvalue weighted by molar-refractivity contribution is -0.0647. The minimum absolute atomic E-state index is 1.04. The monoisotopic (exact) mass is 1010 g/mol. The van der Waals surface area contributed by atoms with Crippen LogP contribution >= 0.6 is 0 Å².